The van der Waals surface area contributed by atoms with Crippen LogP contribution >= 0.6 is 0 Å². The van der Waals surface area contributed by atoms with Crippen molar-refractivity contribution in [3.8, 4) is 0 Å². The van der Waals surface area contributed by atoms with Gasteiger partial charge in [-0.25, -0.2) is 18.4 Å². The van der Waals surface area contributed by atoms with Crippen LogP contribution in [-0.2, 0) is 22.7 Å². The molecule has 0 saturated carbocycles. The number of aromatic nitrogens is 2. The zero-order valence-corrected chi connectivity index (χ0v) is 16.8. The highest BCUT2D eigenvalue weighted by Gasteiger charge is 2.38. The Morgan fingerprint density at radius 2 is 1.50 bits per heavy atom. The smallest absolute Gasteiger partial charge is 0.213 e. The van der Waals surface area contributed by atoms with Crippen LogP contribution in [0.5, 0.6) is 0 Å². The molecule has 0 unspecified atom stereocenters. The number of pyridine rings is 2. The number of nitrogens with zero attached hydrogens (tertiary/aromatic N) is 3. The van der Waals surface area contributed by atoms with Crippen molar-refractivity contribution < 1.29 is 8.42 Å². The monoisotopic (exact) mass is 391 g/mol. The molecule has 2 aromatic heterocycles. The van der Waals surface area contributed by atoms with E-state index in [0.29, 0.717) is 11.6 Å². The van der Waals surface area contributed by atoms with Crippen molar-refractivity contribution in [3.63, 3.8) is 0 Å². The van der Waals surface area contributed by atoms with E-state index in [1.165, 1.54) is 17.5 Å². The largest absolute Gasteiger partial charge is 0.277 e. The molecular formula is C22H21N3O2S. The quantitative estimate of drug-likeness (QED) is 0.475. The predicted octanol–water partition coefficient (Wildman–Crippen LogP) is 4.59. The second-order valence-electron chi connectivity index (χ2n) is 7.63. The number of hydrogen-bond acceptors (Lipinski definition) is 5. The Labute approximate surface area is 165 Å². The molecule has 0 atom stereocenters. The third kappa shape index (κ3) is 2.48. The van der Waals surface area contributed by atoms with E-state index >= 15 is 0 Å². The van der Waals surface area contributed by atoms with Crippen molar-refractivity contribution in [1.82, 2.24) is 9.97 Å². The summed E-state index contributed by atoms with van der Waals surface area (Å²) in [5.41, 5.74) is 5.24. The van der Waals surface area contributed by atoms with Crippen LogP contribution in [0.25, 0.3) is 0 Å². The second kappa shape index (κ2) is 6.14. The van der Waals surface area contributed by atoms with E-state index < -0.39 is 9.84 Å². The summed E-state index contributed by atoms with van der Waals surface area (Å²) >= 11 is 0. The van der Waals surface area contributed by atoms with Crippen LogP contribution in [0.1, 0.15) is 35.1 Å². The molecule has 6 heteroatoms. The van der Waals surface area contributed by atoms with Crippen molar-refractivity contribution in [2.24, 2.45) is 0 Å². The number of anilines is 3. The molecular weight excluding hydrogens is 370 g/mol. The van der Waals surface area contributed by atoms with Gasteiger partial charge in [0.05, 0.1) is 5.69 Å². The van der Waals surface area contributed by atoms with Crippen molar-refractivity contribution in [1.29, 1.82) is 0 Å². The van der Waals surface area contributed by atoms with Crippen LogP contribution in [0.15, 0.2) is 52.5 Å². The van der Waals surface area contributed by atoms with Gasteiger partial charge in [0, 0.05) is 12.4 Å². The van der Waals surface area contributed by atoms with Crippen molar-refractivity contribution in [3.05, 3.63) is 65.0 Å². The summed E-state index contributed by atoms with van der Waals surface area (Å²) in [5, 5.41) is 0. The first-order valence-corrected chi connectivity index (χ1v) is 11.0. The Kier molecular flexibility index (Phi) is 3.81. The second-order valence-corrected chi connectivity index (χ2v) is 9.52. The van der Waals surface area contributed by atoms with Crippen LogP contribution in [0, 0.1) is 13.8 Å². The van der Waals surface area contributed by atoms with Crippen molar-refractivity contribution in [2.45, 2.75) is 49.3 Å². The molecule has 1 aromatic carbocycles. The third-order valence-electron chi connectivity index (χ3n) is 5.55. The van der Waals surface area contributed by atoms with E-state index in [4.69, 9.17) is 0 Å². The van der Waals surface area contributed by atoms with Crippen LogP contribution in [0.2, 0.25) is 0 Å². The van der Waals surface area contributed by atoms with E-state index in [0.717, 1.165) is 36.1 Å². The Hall–Kier alpha value is -2.73. The van der Waals surface area contributed by atoms with Gasteiger partial charge < -0.3 is 0 Å². The van der Waals surface area contributed by atoms with Crippen molar-refractivity contribution in [2.75, 3.05) is 4.90 Å². The molecule has 28 heavy (non-hydrogen) atoms. The van der Waals surface area contributed by atoms with Gasteiger partial charge in [0.2, 0.25) is 9.84 Å². The van der Waals surface area contributed by atoms with Gasteiger partial charge in [0.25, 0.3) is 0 Å². The topological polar surface area (TPSA) is 63.2 Å². The molecule has 5 rings (SSSR count). The van der Waals surface area contributed by atoms with Gasteiger partial charge in [-0.3, -0.25) is 4.90 Å². The van der Waals surface area contributed by atoms with Crippen LogP contribution in [0.4, 0.5) is 17.3 Å². The molecule has 3 aromatic rings. The van der Waals surface area contributed by atoms with E-state index in [1.54, 1.807) is 24.5 Å². The zero-order chi connectivity index (χ0) is 19.5. The minimum Gasteiger partial charge on any atom is -0.277 e. The molecule has 0 N–H and O–H groups in total. The molecule has 2 aliphatic rings. The minimum atomic E-state index is -3.68. The van der Waals surface area contributed by atoms with Gasteiger partial charge in [-0.1, -0.05) is 12.1 Å². The highest BCUT2D eigenvalue weighted by atomic mass is 32.2. The van der Waals surface area contributed by atoms with Crippen LogP contribution < -0.4 is 4.90 Å². The molecule has 0 spiro atoms. The maximum absolute atomic E-state index is 13.4. The summed E-state index contributed by atoms with van der Waals surface area (Å²) in [7, 11) is -3.68. The summed E-state index contributed by atoms with van der Waals surface area (Å²) < 4.78 is 26.7. The van der Waals surface area contributed by atoms with Crippen LogP contribution in [-0.4, -0.2) is 18.4 Å². The fourth-order valence-electron chi connectivity index (χ4n) is 4.22. The SMILES string of the molecule is Cc1cnc2c(c1)S(=O)(=O)c1cc(C)cnc1N2c1cccc2c1CCCC2. The average molecular weight is 391 g/mol. The van der Waals surface area contributed by atoms with Crippen molar-refractivity contribution >= 4 is 27.2 Å². The molecule has 142 valence electrons. The highest BCUT2D eigenvalue weighted by Crippen LogP contribution is 2.48. The van der Waals surface area contributed by atoms with Gasteiger partial charge in [0.15, 0.2) is 11.6 Å². The third-order valence-corrected chi connectivity index (χ3v) is 7.31. The Balaban J connectivity index is 1.86. The fraction of sp³-hybridized carbons (Fsp3) is 0.273. The molecule has 0 radical (unpaired) electrons. The van der Waals surface area contributed by atoms with Gasteiger partial charge in [-0.2, -0.15) is 0 Å². The Morgan fingerprint density at radius 1 is 0.893 bits per heavy atom. The summed E-state index contributed by atoms with van der Waals surface area (Å²) in [6, 6.07) is 9.70. The number of hydrogen-bond donors (Lipinski definition) is 0. The van der Waals surface area contributed by atoms with Gasteiger partial charge in [-0.05, 0) is 80.0 Å². The summed E-state index contributed by atoms with van der Waals surface area (Å²) in [4.78, 5) is 11.5. The summed E-state index contributed by atoms with van der Waals surface area (Å²) in [6.45, 7) is 3.73. The van der Waals surface area contributed by atoms with Gasteiger partial charge in [-0.15, -0.1) is 0 Å². The summed E-state index contributed by atoms with van der Waals surface area (Å²) in [6.07, 6.45) is 7.80. The molecule has 5 nitrogen and oxygen atoms in total. The first-order chi connectivity index (χ1) is 13.5. The number of benzene rings is 1. The van der Waals surface area contributed by atoms with E-state index in [9.17, 15) is 8.42 Å². The normalized spacial score (nSPS) is 16.9. The lowest BCUT2D eigenvalue weighted by Crippen LogP contribution is -2.26. The fourth-order valence-corrected chi connectivity index (χ4v) is 5.91. The summed E-state index contributed by atoms with van der Waals surface area (Å²) in [5.74, 6) is 0.877. The predicted molar refractivity (Wildman–Crippen MR) is 108 cm³/mol. The molecule has 1 aliphatic carbocycles. The standard InChI is InChI=1S/C22H21N3O2S/c1-14-10-19-21(23-12-14)25(18-9-5-7-16-6-3-4-8-17(16)18)22-20(28(19,26)27)11-15(2)13-24-22/h5,7,9-13H,3-4,6,8H2,1-2H3. The number of rotatable bonds is 1. The molecule has 0 amide bonds. The lowest BCUT2D eigenvalue weighted by molar-refractivity contribution is 0.593. The molecule has 0 bridgehead atoms. The average Bonchev–Trinajstić information content (AvgIpc) is 2.69. The minimum absolute atomic E-state index is 0.251. The maximum atomic E-state index is 13.4. The maximum Gasteiger partial charge on any atom is 0.213 e. The Bertz CT molecular complexity index is 1160. The molecule has 0 saturated heterocycles. The zero-order valence-electron chi connectivity index (χ0n) is 15.9. The number of aryl methyl sites for hydroxylation is 3. The molecule has 1 aliphatic heterocycles. The number of sulfone groups is 1. The van der Waals surface area contributed by atoms with Gasteiger partial charge >= 0.3 is 0 Å². The lowest BCUT2D eigenvalue weighted by atomic mass is 9.90. The lowest BCUT2D eigenvalue weighted by Gasteiger charge is -2.33. The Morgan fingerprint density at radius 3 is 2.14 bits per heavy atom. The first-order valence-electron chi connectivity index (χ1n) is 9.56. The van der Waals surface area contributed by atoms with Gasteiger partial charge in [0.1, 0.15) is 9.79 Å². The van der Waals surface area contributed by atoms with Crippen LogP contribution in [0.3, 0.4) is 0 Å². The van der Waals surface area contributed by atoms with E-state index in [-0.39, 0.29) is 9.79 Å². The number of fused-ring (bicyclic) bond motifs is 3. The molecule has 0 fully saturated rings. The molecule has 3 heterocycles. The highest BCUT2D eigenvalue weighted by molar-refractivity contribution is 7.92. The first kappa shape index (κ1) is 17.4. The van der Waals surface area contributed by atoms with E-state index in [2.05, 4.69) is 22.1 Å². The van der Waals surface area contributed by atoms with E-state index in [1.807, 2.05) is 24.8 Å².